The van der Waals surface area contributed by atoms with Gasteiger partial charge in [-0.1, -0.05) is 30.3 Å². The third-order valence-corrected chi connectivity index (χ3v) is 5.21. The number of benzene rings is 1. The van der Waals surface area contributed by atoms with Gasteiger partial charge in [-0.15, -0.1) is 11.3 Å². The first-order valence-electron chi connectivity index (χ1n) is 8.43. The van der Waals surface area contributed by atoms with Crippen molar-refractivity contribution in [2.45, 2.75) is 38.8 Å². The minimum Gasteiger partial charge on any atom is -0.444 e. The lowest BCUT2D eigenvalue weighted by Crippen LogP contribution is -2.47. The summed E-state index contributed by atoms with van der Waals surface area (Å²) in [6.45, 7) is 5.36. The van der Waals surface area contributed by atoms with E-state index in [1.165, 1.54) is 11.3 Å². The number of ether oxygens (including phenoxy) is 1. The average molecular weight is 455 g/mol. The number of thiophene rings is 1. The SMILES string of the molecule is CC(C)(C)OC(=O)NCC(Cc1ccccc1)N(O)C(=O)c1cc(Br)cs1. The van der Waals surface area contributed by atoms with Gasteiger partial charge in [0, 0.05) is 16.4 Å². The molecule has 2 rings (SSSR count). The van der Waals surface area contributed by atoms with Crippen molar-refractivity contribution in [1.29, 1.82) is 0 Å². The Bertz CT molecular complexity index is 774. The van der Waals surface area contributed by atoms with Crippen LogP contribution in [0, 0.1) is 0 Å². The van der Waals surface area contributed by atoms with Crippen LogP contribution < -0.4 is 5.32 Å². The van der Waals surface area contributed by atoms with Gasteiger partial charge in [-0.25, -0.2) is 9.86 Å². The summed E-state index contributed by atoms with van der Waals surface area (Å²) in [5, 5.41) is 15.6. The second-order valence-corrected chi connectivity index (χ2v) is 8.83. The van der Waals surface area contributed by atoms with Crippen LogP contribution in [0.1, 0.15) is 36.0 Å². The maximum absolute atomic E-state index is 12.6. The number of hydroxylamine groups is 2. The molecule has 27 heavy (non-hydrogen) atoms. The number of carbonyl (C=O) groups is 2. The number of rotatable bonds is 6. The molecule has 2 amide bonds. The van der Waals surface area contributed by atoms with E-state index >= 15 is 0 Å². The number of amides is 2. The van der Waals surface area contributed by atoms with Crippen molar-refractivity contribution in [3.8, 4) is 0 Å². The highest BCUT2D eigenvalue weighted by atomic mass is 79.9. The molecule has 1 heterocycles. The molecule has 0 fully saturated rings. The smallest absolute Gasteiger partial charge is 0.407 e. The normalized spacial score (nSPS) is 12.3. The zero-order chi connectivity index (χ0) is 20.0. The summed E-state index contributed by atoms with van der Waals surface area (Å²) in [7, 11) is 0. The highest BCUT2D eigenvalue weighted by Crippen LogP contribution is 2.22. The van der Waals surface area contributed by atoms with Crippen LogP contribution >= 0.6 is 27.3 Å². The Labute approximate surface area is 171 Å². The van der Waals surface area contributed by atoms with Gasteiger partial charge in [0.2, 0.25) is 0 Å². The summed E-state index contributed by atoms with van der Waals surface area (Å²) >= 11 is 4.53. The summed E-state index contributed by atoms with van der Waals surface area (Å²) < 4.78 is 6.00. The number of nitrogens with zero attached hydrogens (tertiary/aromatic N) is 1. The van der Waals surface area contributed by atoms with Crippen molar-refractivity contribution >= 4 is 39.3 Å². The zero-order valence-corrected chi connectivity index (χ0v) is 17.8. The Hall–Kier alpha value is -1.90. The molecule has 0 aliphatic carbocycles. The van der Waals surface area contributed by atoms with E-state index in [1.807, 2.05) is 30.3 Å². The molecule has 0 saturated carbocycles. The summed E-state index contributed by atoms with van der Waals surface area (Å²) in [6.07, 6.45) is -0.217. The van der Waals surface area contributed by atoms with E-state index in [0.717, 1.165) is 10.0 Å². The predicted molar refractivity (Wildman–Crippen MR) is 108 cm³/mol. The fourth-order valence-electron chi connectivity index (χ4n) is 2.35. The van der Waals surface area contributed by atoms with Crippen LogP contribution in [0.15, 0.2) is 46.3 Å². The van der Waals surface area contributed by atoms with Crippen LogP contribution in [-0.4, -0.2) is 40.5 Å². The van der Waals surface area contributed by atoms with Gasteiger partial charge in [0.25, 0.3) is 5.91 Å². The number of alkyl carbamates (subject to hydrolysis) is 1. The lowest BCUT2D eigenvalue weighted by Gasteiger charge is -2.27. The Kier molecular flexibility index (Phi) is 7.41. The fourth-order valence-corrected chi connectivity index (χ4v) is 3.71. The maximum atomic E-state index is 12.6. The van der Waals surface area contributed by atoms with Crippen molar-refractivity contribution in [1.82, 2.24) is 10.4 Å². The molecule has 0 bridgehead atoms. The Morgan fingerprint density at radius 2 is 1.96 bits per heavy atom. The molecule has 0 aliphatic rings. The monoisotopic (exact) mass is 454 g/mol. The van der Waals surface area contributed by atoms with Crippen molar-refractivity contribution in [3.63, 3.8) is 0 Å². The Morgan fingerprint density at radius 1 is 1.30 bits per heavy atom. The first-order valence-corrected chi connectivity index (χ1v) is 10.1. The fraction of sp³-hybridized carbons (Fsp3) is 0.368. The van der Waals surface area contributed by atoms with Gasteiger partial charge in [-0.3, -0.25) is 10.0 Å². The summed E-state index contributed by atoms with van der Waals surface area (Å²) in [6, 6.07) is 10.5. The zero-order valence-electron chi connectivity index (χ0n) is 15.4. The molecule has 1 aromatic heterocycles. The molecule has 2 aromatic rings. The molecule has 1 atom stereocenters. The molecule has 1 aromatic carbocycles. The van der Waals surface area contributed by atoms with Crippen LogP contribution in [0.5, 0.6) is 0 Å². The highest BCUT2D eigenvalue weighted by Gasteiger charge is 2.26. The van der Waals surface area contributed by atoms with E-state index in [1.54, 1.807) is 32.2 Å². The molecule has 2 N–H and O–H groups in total. The van der Waals surface area contributed by atoms with Crippen LogP contribution in [-0.2, 0) is 11.2 Å². The number of nitrogens with one attached hydrogen (secondary N) is 1. The number of hydrogen-bond donors (Lipinski definition) is 2. The molecular weight excluding hydrogens is 432 g/mol. The number of halogens is 1. The molecule has 0 saturated heterocycles. The largest absolute Gasteiger partial charge is 0.444 e. The van der Waals surface area contributed by atoms with Crippen molar-refractivity contribution < 1.29 is 19.5 Å². The number of hydrogen-bond acceptors (Lipinski definition) is 5. The minimum atomic E-state index is -0.645. The van der Waals surface area contributed by atoms with Gasteiger partial charge >= 0.3 is 6.09 Å². The summed E-state index contributed by atoms with van der Waals surface area (Å²) in [5.74, 6) is -0.516. The van der Waals surface area contributed by atoms with E-state index in [0.29, 0.717) is 16.4 Å². The topological polar surface area (TPSA) is 78.9 Å². The van der Waals surface area contributed by atoms with Gasteiger partial charge < -0.3 is 10.1 Å². The Morgan fingerprint density at radius 3 is 2.52 bits per heavy atom. The van der Waals surface area contributed by atoms with Crippen LogP contribution in [0.25, 0.3) is 0 Å². The molecule has 1 unspecified atom stereocenters. The van der Waals surface area contributed by atoms with Crippen LogP contribution in [0.3, 0.4) is 0 Å². The van der Waals surface area contributed by atoms with Gasteiger partial charge in [0.15, 0.2) is 0 Å². The second-order valence-electron chi connectivity index (χ2n) is 7.01. The third kappa shape index (κ3) is 6.97. The molecule has 146 valence electrons. The lowest BCUT2D eigenvalue weighted by atomic mass is 10.1. The molecule has 0 spiro atoms. The lowest BCUT2D eigenvalue weighted by molar-refractivity contribution is -0.0874. The molecule has 0 aliphatic heterocycles. The minimum absolute atomic E-state index is 0.0542. The third-order valence-electron chi connectivity index (χ3n) is 3.53. The van der Waals surface area contributed by atoms with E-state index in [-0.39, 0.29) is 6.54 Å². The molecule has 8 heteroatoms. The van der Waals surface area contributed by atoms with Gasteiger partial charge in [-0.2, -0.15) is 0 Å². The van der Waals surface area contributed by atoms with E-state index in [4.69, 9.17) is 4.74 Å². The standard InChI is InChI=1S/C19H23BrN2O4S/c1-19(2,3)26-18(24)21-11-15(9-13-7-5-4-6-8-13)22(25)17(23)16-10-14(20)12-27-16/h4-8,10,12,15,25H,9,11H2,1-3H3,(H,21,24). The van der Waals surface area contributed by atoms with Crippen LogP contribution in [0.4, 0.5) is 4.79 Å². The molecular formula is C19H23BrN2O4S. The average Bonchev–Trinajstić information content (AvgIpc) is 3.03. The van der Waals surface area contributed by atoms with E-state index in [2.05, 4.69) is 21.2 Å². The van der Waals surface area contributed by atoms with Gasteiger partial charge in [-0.05, 0) is 54.8 Å². The summed E-state index contributed by atoms with van der Waals surface area (Å²) in [4.78, 5) is 24.9. The second kappa shape index (κ2) is 9.34. The highest BCUT2D eigenvalue weighted by molar-refractivity contribution is 9.10. The van der Waals surface area contributed by atoms with E-state index < -0.39 is 23.6 Å². The van der Waals surface area contributed by atoms with Crippen molar-refractivity contribution in [3.05, 3.63) is 56.7 Å². The van der Waals surface area contributed by atoms with Crippen molar-refractivity contribution in [2.24, 2.45) is 0 Å². The van der Waals surface area contributed by atoms with Gasteiger partial charge in [0.05, 0.1) is 10.9 Å². The maximum Gasteiger partial charge on any atom is 0.407 e. The van der Waals surface area contributed by atoms with Crippen molar-refractivity contribution in [2.75, 3.05) is 6.54 Å². The quantitative estimate of drug-likeness (QED) is 0.498. The van der Waals surface area contributed by atoms with E-state index in [9.17, 15) is 14.8 Å². The van der Waals surface area contributed by atoms with Crippen LogP contribution in [0.2, 0.25) is 0 Å². The molecule has 0 radical (unpaired) electrons. The number of carbonyl (C=O) groups excluding carboxylic acids is 2. The van der Waals surface area contributed by atoms with Gasteiger partial charge in [0.1, 0.15) is 5.60 Å². The first-order chi connectivity index (χ1) is 12.7. The predicted octanol–water partition coefficient (Wildman–Crippen LogP) is 4.48. The molecule has 6 nitrogen and oxygen atoms in total. The Balaban J connectivity index is 2.11. The first kappa shape index (κ1) is 21.4. The summed E-state index contributed by atoms with van der Waals surface area (Å²) in [5.41, 5.74) is 0.310.